The summed E-state index contributed by atoms with van der Waals surface area (Å²) in [5, 5.41) is 13.7. The summed E-state index contributed by atoms with van der Waals surface area (Å²) in [5.41, 5.74) is 1.04. The minimum absolute atomic E-state index is 0.0618. The summed E-state index contributed by atoms with van der Waals surface area (Å²) in [6.45, 7) is 5.83. The van der Waals surface area contributed by atoms with Gasteiger partial charge in [-0.05, 0) is 18.4 Å². The van der Waals surface area contributed by atoms with Crippen LogP contribution in [0.3, 0.4) is 0 Å². The van der Waals surface area contributed by atoms with Gasteiger partial charge in [-0.3, -0.25) is 14.9 Å². The number of nitrogens with one attached hydrogen (secondary N) is 1. The van der Waals surface area contributed by atoms with Gasteiger partial charge in [-0.1, -0.05) is 42.5 Å². The molecule has 0 fully saturated rings. The van der Waals surface area contributed by atoms with Crippen molar-refractivity contribution in [1.29, 1.82) is 0 Å². The highest BCUT2D eigenvalue weighted by molar-refractivity contribution is 14.1. The predicted molar refractivity (Wildman–Crippen MR) is 82.8 cm³/mol. The monoisotopic (exact) mass is 376 g/mol. The predicted octanol–water partition coefficient (Wildman–Crippen LogP) is 3.09. The number of carbonyl (C=O) groups excluding carboxylic acids is 1. The zero-order valence-corrected chi connectivity index (χ0v) is 13.3. The molecule has 1 atom stereocenters. The van der Waals surface area contributed by atoms with E-state index in [4.69, 9.17) is 0 Å². The summed E-state index contributed by atoms with van der Waals surface area (Å²) in [6.07, 6.45) is 0. The van der Waals surface area contributed by atoms with Gasteiger partial charge in [0.25, 0.3) is 11.6 Å². The van der Waals surface area contributed by atoms with E-state index in [0.717, 1.165) is 9.99 Å². The molecule has 0 aliphatic rings. The first kappa shape index (κ1) is 15.9. The Morgan fingerprint density at radius 1 is 1.47 bits per heavy atom. The molecule has 0 aliphatic carbocycles. The Morgan fingerprint density at radius 3 is 2.58 bits per heavy atom. The van der Waals surface area contributed by atoms with Crippen molar-refractivity contribution < 1.29 is 9.72 Å². The lowest BCUT2D eigenvalue weighted by atomic mass is 10.0. The van der Waals surface area contributed by atoms with Crippen molar-refractivity contribution in [2.24, 2.45) is 5.92 Å². The number of amides is 1. The Hall–Kier alpha value is -1.18. The van der Waals surface area contributed by atoms with E-state index in [-0.39, 0.29) is 17.6 Å². The molecule has 0 saturated heterocycles. The number of carbonyl (C=O) groups is 1. The highest BCUT2D eigenvalue weighted by Crippen LogP contribution is 2.18. The molecule has 1 aromatic carbocycles. The van der Waals surface area contributed by atoms with Gasteiger partial charge in [-0.25, -0.2) is 0 Å². The third kappa shape index (κ3) is 4.15. The molecule has 6 heteroatoms. The van der Waals surface area contributed by atoms with Crippen LogP contribution >= 0.6 is 22.6 Å². The summed E-state index contributed by atoms with van der Waals surface area (Å²) in [4.78, 5) is 22.4. The number of nitro benzene ring substituents is 1. The van der Waals surface area contributed by atoms with Crippen molar-refractivity contribution in [3.63, 3.8) is 0 Å². The summed E-state index contributed by atoms with van der Waals surface area (Å²) < 4.78 is 0.801. The molecule has 1 N–H and O–H groups in total. The summed E-state index contributed by atoms with van der Waals surface area (Å²) >= 11 is 2.22. The molecule has 0 saturated carbocycles. The number of benzene rings is 1. The summed E-state index contributed by atoms with van der Waals surface area (Å²) in [6, 6.07) is 4.40. The maximum absolute atomic E-state index is 12.2. The number of halogens is 1. The molecule has 19 heavy (non-hydrogen) atoms. The van der Waals surface area contributed by atoms with Crippen molar-refractivity contribution in [1.82, 2.24) is 5.32 Å². The number of rotatable bonds is 5. The molecule has 1 aromatic rings. The maximum atomic E-state index is 12.2. The van der Waals surface area contributed by atoms with Gasteiger partial charge < -0.3 is 5.32 Å². The van der Waals surface area contributed by atoms with Crippen LogP contribution in [0.25, 0.3) is 0 Å². The van der Waals surface area contributed by atoms with Crippen LogP contribution in [-0.2, 0) is 0 Å². The molecule has 104 valence electrons. The fourth-order valence-electron chi connectivity index (χ4n) is 1.60. The molecular formula is C13H17IN2O3. The smallest absolute Gasteiger partial charge is 0.270 e. The Kier molecular flexibility index (Phi) is 5.71. The molecule has 0 spiro atoms. The van der Waals surface area contributed by atoms with Gasteiger partial charge in [-0.2, -0.15) is 0 Å². The summed E-state index contributed by atoms with van der Waals surface area (Å²) in [5.74, 6) is 0.0661. The lowest BCUT2D eigenvalue weighted by Gasteiger charge is -2.20. The van der Waals surface area contributed by atoms with Gasteiger partial charge in [0.1, 0.15) is 0 Å². The zero-order valence-electron chi connectivity index (χ0n) is 11.1. The molecule has 0 heterocycles. The van der Waals surface area contributed by atoms with Gasteiger partial charge in [0, 0.05) is 28.2 Å². The molecule has 1 unspecified atom stereocenters. The van der Waals surface area contributed by atoms with Crippen LogP contribution < -0.4 is 5.32 Å². The third-order valence-electron chi connectivity index (χ3n) is 2.96. The second-order valence-corrected chi connectivity index (χ2v) is 5.62. The Bertz CT molecular complexity index is 489. The minimum Gasteiger partial charge on any atom is -0.348 e. The van der Waals surface area contributed by atoms with Crippen molar-refractivity contribution >= 4 is 34.2 Å². The first-order valence-corrected chi connectivity index (χ1v) is 7.51. The third-order valence-corrected chi connectivity index (χ3v) is 3.91. The van der Waals surface area contributed by atoms with Crippen molar-refractivity contribution in [2.45, 2.75) is 26.8 Å². The van der Waals surface area contributed by atoms with Crippen LogP contribution in [0.1, 0.15) is 29.8 Å². The van der Waals surface area contributed by atoms with Crippen LogP contribution in [0.5, 0.6) is 0 Å². The van der Waals surface area contributed by atoms with Crippen molar-refractivity contribution in [2.75, 3.05) is 4.43 Å². The van der Waals surface area contributed by atoms with Gasteiger partial charge >= 0.3 is 0 Å². The topological polar surface area (TPSA) is 72.2 Å². The number of nitro groups is 1. The van der Waals surface area contributed by atoms with Crippen LogP contribution in [0.15, 0.2) is 18.2 Å². The average Bonchev–Trinajstić information content (AvgIpc) is 2.35. The molecule has 0 bridgehead atoms. The lowest BCUT2D eigenvalue weighted by Crippen LogP contribution is -2.40. The SMILES string of the molecule is Cc1ccc([N+](=O)[O-])cc1C(=O)NC(CI)C(C)C. The molecule has 1 amide bonds. The lowest BCUT2D eigenvalue weighted by molar-refractivity contribution is -0.384. The van der Waals surface area contributed by atoms with E-state index in [9.17, 15) is 14.9 Å². The standard InChI is InChI=1S/C13H17IN2O3/c1-8(2)12(7-14)15-13(17)11-6-10(16(18)19)5-4-9(11)3/h4-6,8,12H,7H2,1-3H3,(H,15,17). The largest absolute Gasteiger partial charge is 0.348 e. The first-order valence-electron chi connectivity index (χ1n) is 5.98. The molecule has 1 rings (SSSR count). The van der Waals surface area contributed by atoms with Crippen LogP contribution in [0, 0.1) is 23.0 Å². The highest BCUT2D eigenvalue weighted by Gasteiger charge is 2.19. The van der Waals surface area contributed by atoms with Crippen LogP contribution in [0.2, 0.25) is 0 Å². The molecule has 0 radical (unpaired) electrons. The second kappa shape index (κ2) is 6.83. The quantitative estimate of drug-likeness (QED) is 0.372. The van der Waals surface area contributed by atoms with E-state index in [0.29, 0.717) is 11.5 Å². The Labute approximate surface area is 126 Å². The Morgan fingerprint density at radius 2 is 2.11 bits per heavy atom. The number of aryl methyl sites for hydroxylation is 1. The molecule has 0 aromatic heterocycles. The second-order valence-electron chi connectivity index (χ2n) is 4.73. The van der Waals surface area contributed by atoms with Gasteiger partial charge in [-0.15, -0.1) is 0 Å². The van der Waals surface area contributed by atoms with E-state index < -0.39 is 4.92 Å². The van der Waals surface area contributed by atoms with E-state index in [2.05, 4.69) is 27.9 Å². The highest BCUT2D eigenvalue weighted by atomic mass is 127. The molecule has 0 aliphatic heterocycles. The van der Waals surface area contributed by atoms with E-state index in [1.54, 1.807) is 13.0 Å². The summed E-state index contributed by atoms with van der Waals surface area (Å²) in [7, 11) is 0. The number of alkyl halides is 1. The average molecular weight is 376 g/mol. The Balaban J connectivity index is 2.99. The zero-order chi connectivity index (χ0) is 14.6. The van der Waals surface area contributed by atoms with Crippen molar-refractivity contribution in [3.8, 4) is 0 Å². The van der Waals surface area contributed by atoms with Crippen LogP contribution in [-0.4, -0.2) is 21.3 Å². The van der Waals surface area contributed by atoms with Gasteiger partial charge in [0.15, 0.2) is 0 Å². The van der Waals surface area contributed by atoms with Gasteiger partial charge in [0.05, 0.1) is 4.92 Å². The number of hydrogen-bond donors (Lipinski definition) is 1. The van der Waals surface area contributed by atoms with Crippen molar-refractivity contribution in [3.05, 3.63) is 39.4 Å². The number of nitrogens with zero attached hydrogens (tertiary/aromatic N) is 1. The maximum Gasteiger partial charge on any atom is 0.270 e. The normalized spacial score (nSPS) is 12.3. The van der Waals surface area contributed by atoms with E-state index in [1.807, 2.05) is 13.8 Å². The molecular weight excluding hydrogens is 359 g/mol. The van der Waals surface area contributed by atoms with Gasteiger partial charge in [0.2, 0.25) is 0 Å². The number of non-ortho nitro benzene ring substituents is 1. The van der Waals surface area contributed by atoms with E-state index >= 15 is 0 Å². The van der Waals surface area contributed by atoms with Crippen LogP contribution in [0.4, 0.5) is 5.69 Å². The molecule has 5 nitrogen and oxygen atoms in total. The minimum atomic E-state index is -0.492. The fraction of sp³-hybridized carbons (Fsp3) is 0.462. The van der Waals surface area contributed by atoms with E-state index in [1.165, 1.54) is 12.1 Å². The fourth-order valence-corrected chi connectivity index (χ4v) is 2.83. The number of hydrogen-bond acceptors (Lipinski definition) is 3. The first-order chi connectivity index (χ1) is 8.86.